The van der Waals surface area contributed by atoms with E-state index in [2.05, 4.69) is 22.1 Å². The van der Waals surface area contributed by atoms with Crippen molar-refractivity contribution in [3.8, 4) is 29.0 Å². The lowest BCUT2D eigenvalue weighted by Crippen LogP contribution is -2.34. The number of nitriles is 2. The van der Waals surface area contributed by atoms with Gasteiger partial charge in [-0.1, -0.05) is 30.3 Å². The van der Waals surface area contributed by atoms with E-state index in [1.165, 1.54) is 23.1 Å². The van der Waals surface area contributed by atoms with Crippen molar-refractivity contribution in [3.05, 3.63) is 46.5 Å². The normalized spacial score (nSPS) is 17.8. The summed E-state index contributed by atoms with van der Waals surface area (Å²) in [4.78, 5) is 8.54. The van der Waals surface area contributed by atoms with E-state index < -0.39 is 6.10 Å². The first-order valence-corrected chi connectivity index (χ1v) is 12.3. The maximum absolute atomic E-state index is 10.2. The van der Waals surface area contributed by atoms with Crippen molar-refractivity contribution >= 4 is 34.0 Å². The van der Waals surface area contributed by atoms with E-state index in [4.69, 9.17) is 16.2 Å². The van der Waals surface area contributed by atoms with Crippen molar-refractivity contribution in [2.75, 3.05) is 11.5 Å². The van der Waals surface area contributed by atoms with Crippen LogP contribution in [-0.2, 0) is 5.75 Å². The van der Waals surface area contributed by atoms with Crippen LogP contribution in [0.3, 0.4) is 0 Å². The number of hydrogen-bond acceptors (Lipinski definition) is 10. The predicted octanol–water partition coefficient (Wildman–Crippen LogP) is 4.09. The molecule has 2 atom stereocenters. The SMILES string of the molecule is N#Cc1c(N)nc(SCc2csc(N)n2)c(C#N)c1-c1ccc(O[C@H]2CCCC[C@@H]2O)cc1. The van der Waals surface area contributed by atoms with Crippen LogP contribution in [0, 0.1) is 22.7 Å². The Morgan fingerprint density at radius 3 is 2.45 bits per heavy atom. The molecule has 1 saturated carbocycles. The molecular weight excluding hydrogens is 456 g/mol. The Morgan fingerprint density at radius 1 is 1.09 bits per heavy atom. The highest BCUT2D eigenvalue weighted by Crippen LogP contribution is 2.37. The van der Waals surface area contributed by atoms with Crippen molar-refractivity contribution in [2.24, 2.45) is 0 Å². The van der Waals surface area contributed by atoms with Crippen LogP contribution in [0.2, 0.25) is 0 Å². The molecular formula is C23H22N6O2S2. The number of aromatic nitrogens is 2. The molecule has 33 heavy (non-hydrogen) atoms. The molecule has 2 aromatic heterocycles. The molecule has 0 saturated heterocycles. The van der Waals surface area contributed by atoms with Gasteiger partial charge in [0.05, 0.1) is 17.4 Å². The molecule has 0 unspecified atom stereocenters. The molecule has 1 fully saturated rings. The fourth-order valence-corrected chi connectivity index (χ4v) is 5.37. The van der Waals surface area contributed by atoms with Crippen molar-refractivity contribution in [2.45, 2.75) is 48.7 Å². The summed E-state index contributed by atoms with van der Waals surface area (Å²) in [7, 11) is 0. The third-order valence-corrected chi connectivity index (χ3v) is 7.17. The molecule has 0 aliphatic heterocycles. The van der Waals surface area contributed by atoms with Crippen LogP contribution >= 0.6 is 23.1 Å². The number of nitrogen functional groups attached to an aromatic ring is 2. The van der Waals surface area contributed by atoms with Gasteiger partial charge in [-0.05, 0) is 37.0 Å². The summed E-state index contributed by atoms with van der Waals surface area (Å²) < 4.78 is 5.97. The molecule has 2 heterocycles. The standard InChI is InChI=1S/C23H22N6O2S2/c24-9-16-20(13-5-7-15(8-6-13)31-19-4-2-1-3-18(19)30)17(10-25)22(29-21(16)26)32-11-14-12-33-23(27)28-14/h5-8,12,18-19,30H,1-4,11H2,(H2,26,29)(H2,27,28)/t18-,19-/m0/s1. The molecule has 0 radical (unpaired) electrons. The van der Waals surface area contributed by atoms with Gasteiger partial charge in [-0.15, -0.1) is 11.3 Å². The van der Waals surface area contributed by atoms with Crippen molar-refractivity contribution in [1.82, 2.24) is 9.97 Å². The zero-order valence-corrected chi connectivity index (χ0v) is 19.3. The second-order valence-corrected chi connectivity index (χ2v) is 9.50. The maximum Gasteiger partial charge on any atom is 0.180 e. The number of thioether (sulfide) groups is 1. The molecule has 4 rings (SSSR count). The molecule has 10 heteroatoms. The number of hydrogen-bond donors (Lipinski definition) is 3. The highest BCUT2D eigenvalue weighted by molar-refractivity contribution is 7.98. The Bertz CT molecular complexity index is 1230. The van der Waals surface area contributed by atoms with E-state index in [1.54, 1.807) is 24.3 Å². The number of benzene rings is 1. The Balaban J connectivity index is 1.64. The van der Waals surface area contributed by atoms with Crippen molar-refractivity contribution in [1.29, 1.82) is 10.5 Å². The highest BCUT2D eigenvalue weighted by atomic mass is 32.2. The maximum atomic E-state index is 10.2. The minimum atomic E-state index is -0.471. The summed E-state index contributed by atoms with van der Waals surface area (Å²) in [6, 6.07) is 11.4. The van der Waals surface area contributed by atoms with E-state index in [0.29, 0.717) is 32.8 Å². The number of anilines is 2. The van der Waals surface area contributed by atoms with Gasteiger partial charge in [-0.3, -0.25) is 0 Å². The number of pyridine rings is 1. The Labute approximate surface area is 199 Å². The molecule has 1 aliphatic carbocycles. The van der Waals surface area contributed by atoms with Gasteiger partial charge < -0.3 is 21.3 Å². The molecule has 0 bridgehead atoms. The van der Waals surface area contributed by atoms with Gasteiger partial charge in [0.1, 0.15) is 40.4 Å². The predicted molar refractivity (Wildman–Crippen MR) is 128 cm³/mol. The van der Waals surface area contributed by atoms with Gasteiger partial charge in [-0.25, -0.2) is 9.97 Å². The number of rotatable bonds is 6. The number of aliphatic hydroxyl groups excluding tert-OH is 1. The number of nitrogens with zero attached hydrogens (tertiary/aromatic N) is 4. The summed E-state index contributed by atoms with van der Waals surface area (Å²) in [6.45, 7) is 0. The van der Waals surface area contributed by atoms with Crippen molar-refractivity contribution < 1.29 is 9.84 Å². The number of aliphatic hydroxyl groups is 1. The largest absolute Gasteiger partial charge is 0.488 e. The van der Waals surface area contributed by atoms with Gasteiger partial charge >= 0.3 is 0 Å². The van der Waals surface area contributed by atoms with Crippen molar-refractivity contribution in [3.63, 3.8) is 0 Å². The van der Waals surface area contributed by atoms with Crippen LogP contribution in [0.5, 0.6) is 5.75 Å². The fraction of sp³-hybridized carbons (Fsp3) is 0.304. The van der Waals surface area contributed by atoms with E-state index in [-0.39, 0.29) is 23.0 Å². The number of ether oxygens (including phenoxy) is 1. The Morgan fingerprint density at radius 2 is 1.82 bits per heavy atom. The van der Waals surface area contributed by atoms with E-state index in [0.717, 1.165) is 31.4 Å². The number of thiazole rings is 1. The molecule has 3 aromatic rings. The minimum absolute atomic E-state index is 0.0671. The summed E-state index contributed by atoms with van der Waals surface area (Å²) in [5.41, 5.74) is 14.1. The quantitative estimate of drug-likeness (QED) is 0.444. The Hall–Kier alpha value is -3.31. The van der Waals surface area contributed by atoms with Gasteiger partial charge in [0.25, 0.3) is 0 Å². The third-order valence-electron chi connectivity index (χ3n) is 5.44. The number of nitrogens with two attached hydrogens (primary N) is 2. The zero-order valence-electron chi connectivity index (χ0n) is 17.7. The first-order chi connectivity index (χ1) is 16.0. The second-order valence-electron chi connectivity index (χ2n) is 7.65. The summed E-state index contributed by atoms with van der Waals surface area (Å²) in [5, 5.41) is 32.6. The average Bonchev–Trinajstić information content (AvgIpc) is 3.24. The summed E-state index contributed by atoms with van der Waals surface area (Å²) in [5.74, 6) is 1.16. The fourth-order valence-electron chi connectivity index (χ4n) is 3.81. The van der Waals surface area contributed by atoms with Gasteiger partial charge in [0.2, 0.25) is 0 Å². The van der Waals surface area contributed by atoms with Crippen LogP contribution in [0.4, 0.5) is 10.9 Å². The van der Waals surface area contributed by atoms with Crippen LogP contribution in [0.25, 0.3) is 11.1 Å². The first-order valence-electron chi connectivity index (χ1n) is 10.4. The molecule has 8 nitrogen and oxygen atoms in total. The van der Waals surface area contributed by atoms with E-state index in [1.807, 2.05) is 5.38 Å². The lowest BCUT2D eigenvalue weighted by atomic mass is 9.94. The van der Waals surface area contributed by atoms with Gasteiger partial charge in [-0.2, -0.15) is 10.5 Å². The van der Waals surface area contributed by atoms with Gasteiger partial charge in [0.15, 0.2) is 5.13 Å². The molecule has 168 valence electrons. The van der Waals surface area contributed by atoms with E-state index in [9.17, 15) is 15.6 Å². The van der Waals surface area contributed by atoms with E-state index >= 15 is 0 Å². The van der Waals surface area contributed by atoms with Gasteiger partial charge in [0, 0.05) is 16.7 Å². The van der Waals surface area contributed by atoms with Crippen LogP contribution in [0.15, 0.2) is 34.7 Å². The third kappa shape index (κ3) is 5.04. The van der Waals surface area contributed by atoms with Crippen LogP contribution in [-0.4, -0.2) is 27.3 Å². The molecule has 0 spiro atoms. The van der Waals surface area contributed by atoms with Crippen LogP contribution < -0.4 is 16.2 Å². The minimum Gasteiger partial charge on any atom is -0.488 e. The first kappa shape index (κ1) is 22.9. The Kier molecular flexibility index (Phi) is 6.99. The monoisotopic (exact) mass is 478 g/mol. The lowest BCUT2D eigenvalue weighted by molar-refractivity contribution is 0.00688. The smallest absolute Gasteiger partial charge is 0.180 e. The zero-order chi connectivity index (χ0) is 23.4. The average molecular weight is 479 g/mol. The molecule has 5 N–H and O–H groups in total. The molecule has 1 aliphatic rings. The second kappa shape index (κ2) is 10.1. The molecule has 1 aromatic carbocycles. The topological polar surface area (TPSA) is 155 Å². The molecule has 0 amide bonds. The lowest BCUT2D eigenvalue weighted by Gasteiger charge is -2.28. The highest BCUT2D eigenvalue weighted by Gasteiger charge is 2.25. The summed E-state index contributed by atoms with van der Waals surface area (Å²) in [6.07, 6.45) is 2.89. The summed E-state index contributed by atoms with van der Waals surface area (Å²) >= 11 is 2.67. The van der Waals surface area contributed by atoms with Crippen LogP contribution in [0.1, 0.15) is 42.5 Å².